The number of anilines is 3. The lowest BCUT2D eigenvalue weighted by Gasteiger charge is -2.31. The number of hydrogen-bond acceptors (Lipinski definition) is 4. The van der Waals surface area contributed by atoms with Crippen LogP contribution in [0.1, 0.15) is 11.1 Å². The van der Waals surface area contributed by atoms with Crippen molar-refractivity contribution >= 4 is 40.6 Å². The molecule has 0 spiro atoms. The Morgan fingerprint density at radius 2 is 1.96 bits per heavy atom. The van der Waals surface area contributed by atoms with E-state index < -0.39 is 0 Å². The van der Waals surface area contributed by atoms with Gasteiger partial charge in [-0.15, -0.1) is 0 Å². The summed E-state index contributed by atoms with van der Waals surface area (Å²) in [5.74, 6) is 0. The standard InChI is InChI=1S/C18H19ClN4/c1-12-2-5-17(23-8-6-20-7-9-23)14-11-21-16-10-13(19)3-4-15(16)22-18(12)14/h2-5,10-11,20,22H,6-9H2,1H3. The van der Waals surface area contributed by atoms with Gasteiger partial charge in [-0.3, -0.25) is 4.99 Å². The molecule has 2 aromatic carbocycles. The Labute approximate surface area is 141 Å². The molecule has 2 heterocycles. The lowest BCUT2D eigenvalue weighted by molar-refractivity contribution is 0.589. The van der Waals surface area contributed by atoms with Gasteiger partial charge >= 0.3 is 0 Å². The molecule has 0 aromatic heterocycles. The minimum absolute atomic E-state index is 0.702. The van der Waals surface area contributed by atoms with E-state index >= 15 is 0 Å². The summed E-state index contributed by atoms with van der Waals surface area (Å²) < 4.78 is 0. The normalized spacial score (nSPS) is 16.3. The van der Waals surface area contributed by atoms with Crippen molar-refractivity contribution in [2.24, 2.45) is 4.99 Å². The van der Waals surface area contributed by atoms with Crippen LogP contribution in [0.4, 0.5) is 22.7 Å². The molecule has 0 bridgehead atoms. The molecule has 5 heteroatoms. The first kappa shape index (κ1) is 14.5. The Morgan fingerprint density at radius 1 is 1.13 bits per heavy atom. The van der Waals surface area contributed by atoms with Crippen LogP contribution < -0.4 is 15.5 Å². The Kier molecular flexibility index (Phi) is 3.71. The van der Waals surface area contributed by atoms with Crippen molar-refractivity contribution in [3.05, 3.63) is 46.5 Å². The summed E-state index contributed by atoms with van der Waals surface area (Å²) in [5, 5.41) is 7.66. The second-order valence-electron chi connectivity index (χ2n) is 5.97. The molecular weight excluding hydrogens is 308 g/mol. The van der Waals surface area contributed by atoms with Crippen LogP contribution in [0.25, 0.3) is 0 Å². The lowest BCUT2D eigenvalue weighted by atomic mass is 10.0. The number of halogens is 1. The molecule has 1 fully saturated rings. The smallest absolute Gasteiger partial charge is 0.0879 e. The molecule has 0 aliphatic carbocycles. The van der Waals surface area contributed by atoms with Gasteiger partial charge in [0.2, 0.25) is 0 Å². The summed E-state index contributed by atoms with van der Waals surface area (Å²) in [7, 11) is 0. The maximum Gasteiger partial charge on any atom is 0.0879 e. The summed E-state index contributed by atoms with van der Waals surface area (Å²) in [6.45, 7) is 6.19. The van der Waals surface area contributed by atoms with E-state index in [0.29, 0.717) is 5.02 Å². The molecule has 0 unspecified atom stereocenters. The van der Waals surface area contributed by atoms with Crippen molar-refractivity contribution in [1.82, 2.24) is 5.32 Å². The number of piperazine rings is 1. The van der Waals surface area contributed by atoms with Crippen LogP contribution in [0, 0.1) is 6.92 Å². The maximum absolute atomic E-state index is 6.11. The molecule has 118 valence electrons. The quantitative estimate of drug-likeness (QED) is 0.713. The van der Waals surface area contributed by atoms with Crippen molar-refractivity contribution in [2.75, 3.05) is 36.4 Å². The molecule has 23 heavy (non-hydrogen) atoms. The summed E-state index contributed by atoms with van der Waals surface area (Å²) in [4.78, 5) is 7.09. The van der Waals surface area contributed by atoms with Crippen LogP contribution in [0.5, 0.6) is 0 Å². The Hall–Kier alpha value is -2.04. The van der Waals surface area contributed by atoms with Crippen LogP contribution in [-0.2, 0) is 0 Å². The third-order valence-electron chi connectivity index (χ3n) is 4.44. The molecule has 2 aliphatic rings. The minimum atomic E-state index is 0.702. The average molecular weight is 327 g/mol. The molecular formula is C18H19ClN4. The van der Waals surface area contributed by atoms with E-state index in [0.717, 1.165) is 48.8 Å². The first-order chi connectivity index (χ1) is 11.2. The van der Waals surface area contributed by atoms with Crippen molar-refractivity contribution in [3.8, 4) is 0 Å². The van der Waals surface area contributed by atoms with E-state index in [2.05, 4.69) is 39.6 Å². The number of fused-ring (bicyclic) bond motifs is 2. The highest BCUT2D eigenvalue weighted by atomic mass is 35.5. The van der Waals surface area contributed by atoms with E-state index in [-0.39, 0.29) is 0 Å². The van der Waals surface area contributed by atoms with Crippen molar-refractivity contribution in [1.29, 1.82) is 0 Å². The van der Waals surface area contributed by atoms with Crippen molar-refractivity contribution in [3.63, 3.8) is 0 Å². The average Bonchev–Trinajstić information content (AvgIpc) is 2.76. The maximum atomic E-state index is 6.11. The fourth-order valence-electron chi connectivity index (χ4n) is 3.18. The summed E-state index contributed by atoms with van der Waals surface area (Å²) in [6, 6.07) is 10.2. The van der Waals surface area contributed by atoms with Crippen molar-refractivity contribution in [2.45, 2.75) is 6.92 Å². The molecule has 4 nitrogen and oxygen atoms in total. The van der Waals surface area contributed by atoms with E-state index in [1.54, 1.807) is 0 Å². The fraction of sp³-hybridized carbons (Fsp3) is 0.278. The second kappa shape index (κ2) is 5.87. The zero-order chi connectivity index (χ0) is 15.8. The predicted octanol–water partition coefficient (Wildman–Crippen LogP) is 3.87. The second-order valence-corrected chi connectivity index (χ2v) is 6.41. The van der Waals surface area contributed by atoms with Gasteiger partial charge in [0.05, 0.1) is 17.1 Å². The highest BCUT2D eigenvalue weighted by Gasteiger charge is 2.19. The number of rotatable bonds is 1. The number of aryl methyl sites for hydroxylation is 1. The van der Waals surface area contributed by atoms with Gasteiger partial charge in [0.25, 0.3) is 0 Å². The summed E-state index contributed by atoms with van der Waals surface area (Å²) >= 11 is 6.11. The van der Waals surface area contributed by atoms with Crippen LogP contribution >= 0.6 is 11.6 Å². The van der Waals surface area contributed by atoms with Gasteiger partial charge in [-0.1, -0.05) is 17.7 Å². The third-order valence-corrected chi connectivity index (χ3v) is 4.68. The van der Waals surface area contributed by atoms with Gasteiger partial charge in [0.1, 0.15) is 0 Å². The van der Waals surface area contributed by atoms with Gasteiger partial charge in [-0.05, 0) is 36.8 Å². The molecule has 0 saturated carbocycles. The topological polar surface area (TPSA) is 39.7 Å². The predicted molar refractivity (Wildman–Crippen MR) is 98.3 cm³/mol. The van der Waals surface area contributed by atoms with E-state index in [1.807, 2.05) is 24.4 Å². The summed E-state index contributed by atoms with van der Waals surface area (Å²) in [5.41, 5.74) is 6.60. The number of benzene rings is 2. The third kappa shape index (κ3) is 2.69. The largest absolute Gasteiger partial charge is 0.368 e. The fourth-order valence-corrected chi connectivity index (χ4v) is 3.35. The van der Waals surface area contributed by atoms with E-state index in [9.17, 15) is 0 Å². The summed E-state index contributed by atoms with van der Waals surface area (Å²) in [6.07, 6.45) is 1.97. The molecule has 0 radical (unpaired) electrons. The number of nitrogens with one attached hydrogen (secondary N) is 2. The SMILES string of the molecule is Cc1ccc(N2CCNCC2)c2c1Nc1ccc(Cl)cc1N=C2. The van der Waals surface area contributed by atoms with Gasteiger partial charge in [-0.25, -0.2) is 0 Å². The number of nitrogens with zero attached hydrogens (tertiary/aromatic N) is 2. The van der Waals surface area contributed by atoms with E-state index in [1.165, 1.54) is 11.3 Å². The molecule has 0 amide bonds. The zero-order valence-electron chi connectivity index (χ0n) is 13.1. The van der Waals surface area contributed by atoms with Crippen LogP contribution in [0.2, 0.25) is 5.02 Å². The van der Waals surface area contributed by atoms with Crippen LogP contribution in [0.15, 0.2) is 35.3 Å². The first-order valence-corrected chi connectivity index (χ1v) is 8.30. The molecule has 4 rings (SSSR count). The molecule has 2 N–H and O–H groups in total. The minimum Gasteiger partial charge on any atom is -0.368 e. The first-order valence-electron chi connectivity index (χ1n) is 7.92. The van der Waals surface area contributed by atoms with Gasteiger partial charge in [0.15, 0.2) is 0 Å². The van der Waals surface area contributed by atoms with E-state index in [4.69, 9.17) is 11.6 Å². The highest BCUT2D eigenvalue weighted by Crippen LogP contribution is 2.38. The van der Waals surface area contributed by atoms with Crippen LogP contribution in [-0.4, -0.2) is 32.4 Å². The highest BCUT2D eigenvalue weighted by molar-refractivity contribution is 6.31. The number of aliphatic imine (C=N–C) groups is 1. The molecule has 2 aliphatic heterocycles. The Balaban J connectivity index is 1.83. The van der Waals surface area contributed by atoms with Gasteiger partial charge in [0, 0.05) is 48.7 Å². The zero-order valence-corrected chi connectivity index (χ0v) is 13.8. The lowest BCUT2D eigenvalue weighted by Crippen LogP contribution is -2.44. The Morgan fingerprint density at radius 3 is 2.78 bits per heavy atom. The molecule has 2 aromatic rings. The van der Waals surface area contributed by atoms with Gasteiger partial charge < -0.3 is 15.5 Å². The van der Waals surface area contributed by atoms with Crippen LogP contribution in [0.3, 0.4) is 0 Å². The van der Waals surface area contributed by atoms with Crippen molar-refractivity contribution < 1.29 is 0 Å². The van der Waals surface area contributed by atoms with Gasteiger partial charge in [-0.2, -0.15) is 0 Å². The Bertz CT molecular complexity index is 779. The molecule has 0 atom stereocenters. The monoisotopic (exact) mass is 326 g/mol. The molecule has 1 saturated heterocycles. The number of hydrogen-bond donors (Lipinski definition) is 2.